The minimum absolute atomic E-state index is 0. The fourth-order valence-corrected chi connectivity index (χ4v) is 6.66. The third-order valence-electron chi connectivity index (χ3n) is 8.15. The molecule has 57 heavy (non-hydrogen) atoms. The van der Waals surface area contributed by atoms with Crippen LogP contribution < -0.4 is 20.4 Å². The maximum Gasteiger partial charge on any atom is 4.00 e. The van der Waals surface area contributed by atoms with Crippen molar-refractivity contribution in [3.63, 3.8) is 0 Å². The van der Waals surface area contributed by atoms with E-state index in [1.165, 1.54) is 24.3 Å². The molecule has 0 spiro atoms. The Morgan fingerprint density at radius 1 is 0.228 bits per heavy atom. The third-order valence-corrected chi connectivity index (χ3v) is 9.41. The van der Waals surface area contributed by atoms with Crippen LogP contribution in [0.15, 0.2) is 194 Å². The van der Waals surface area contributed by atoms with Gasteiger partial charge < -0.3 is 20.4 Å². The molecule has 8 aromatic rings. The van der Waals surface area contributed by atoms with Crippen molar-refractivity contribution in [2.75, 3.05) is 0 Å². The van der Waals surface area contributed by atoms with Gasteiger partial charge in [0.25, 0.3) is 0 Å². The van der Waals surface area contributed by atoms with Gasteiger partial charge in [-0.05, 0) is 68.8 Å². The molecule has 0 aliphatic rings. The molecule has 0 saturated heterocycles. The molecule has 0 atom stereocenters. The summed E-state index contributed by atoms with van der Waals surface area (Å²) in [7, 11) is 0. The van der Waals surface area contributed by atoms with Gasteiger partial charge in [-0.15, -0.1) is 0 Å². The van der Waals surface area contributed by atoms with E-state index in [0.717, 1.165) is 22.3 Å². The minimum Gasteiger partial charge on any atom is -0.872 e. The number of benzene rings is 8. The van der Waals surface area contributed by atoms with Gasteiger partial charge in [0, 0.05) is 20.1 Å². The SMILES string of the molecule is [O-]c1cccc(Cl)c1-c1ccccc1.[O-]c1cccc(Cl)c1-c1ccccc1.[O-]c1cccc(Cl)c1-c1ccccc1.[O-]c1cccc(Cl)c1-c1ccccc1.[Zr+4]. The van der Waals surface area contributed by atoms with Gasteiger partial charge in [0.1, 0.15) is 0 Å². The van der Waals surface area contributed by atoms with E-state index in [1.54, 1.807) is 48.5 Å². The van der Waals surface area contributed by atoms with Crippen molar-refractivity contribution < 1.29 is 46.6 Å². The minimum atomic E-state index is -0.0382. The summed E-state index contributed by atoms with van der Waals surface area (Å²) < 4.78 is 0. The van der Waals surface area contributed by atoms with Gasteiger partial charge in [-0.2, -0.15) is 0 Å². The first-order valence-electron chi connectivity index (χ1n) is 17.2. The van der Waals surface area contributed by atoms with E-state index in [1.807, 2.05) is 121 Å². The number of rotatable bonds is 4. The summed E-state index contributed by atoms with van der Waals surface area (Å²) in [6.07, 6.45) is 0. The van der Waals surface area contributed by atoms with E-state index in [2.05, 4.69) is 0 Å². The van der Waals surface area contributed by atoms with Gasteiger partial charge in [-0.25, -0.2) is 0 Å². The Labute approximate surface area is 371 Å². The summed E-state index contributed by atoms with van der Waals surface area (Å²) in [4.78, 5) is 0. The van der Waals surface area contributed by atoms with Crippen molar-refractivity contribution in [1.29, 1.82) is 0 Å². The summed E-state index contributed by atoms with van der Waals surface area (Å²) in [6, 6.07) is 57.4. The van der Waals surface area contributed by atoms with E-state index >= 15 is 0 Å². The van der Waals surface area contributed by atoms with E-state index in [-0.39, 0.29) is 49.2 Å². The quantitative estimate of drug-likeness (QED) is 0.176. The van der Waals surface area contributed by atoms with E-state index in [4.69, 9.17) is 46.4 Å². The Kier molecular flexibility index (Phi) is 17.8. The van der Waals surface area contributed by atoms with Gasteiger partial charge >= 0.3 is 26.2 Å². The summed E-state index contributed by atoms with van der Waals surface area (Å²) in [6.45, 7) is 0. The molecule has 0 unspecified atom stereocenters. The molecule has 0 amide bonds. The molecular formula is C48H32Cl4O4Zr. The average Bonchev–Trinajstić information content (AvgIpc) is 3.20. The number of hydrogen-bond donors (Lipinski definition) is 0. The Balaban J connectivity index is 0.000000167. The molecule has 0 heterocycles. The Morgan fingerprint density at radius 3 is 0.561 bits per heavy atom. The molecule has 0 bridgehead atoms. The second-order valence-corrected chi connectivity index (χ2v) is 13.5. The molecule has 9 heteroatoms. The van der Waals surface area contributed by atoms with Crippen LogP contribution in [0.3, 0.4) is 0 Å². The Hall–Kier alpha value is -5.00. The topological polar surface area (TPSA) is 92.2 Å². The molecule has 0 N–H and O–H groups in total. The zero-order chi connectivity index (χ0) is 39.9. The van der Waals surface area contributed by atoms with Crippen molar-refractivity contribution in [3.8, 4) is 67.5 Å². The van der Waals surface area contributed by atoms with Crippen molar-refractivity contribution in [2.24, 2.45) is 0 Å². The molecule has 0 aliphatic carbocycles. The van der Waals surface area contributed by atoms with Gasteiger partial charge in [-0.3, -0.25) is 0 Å². The van der Waals surface area contributed by atoms with Gasteiger partial charge in [0.15, 0.2) is 0 Å². The summed E-state index contributed by atoms with van der Waals surface area (Å²) in [5.74, 6) is -0.153. The first-order valence-corrected chi connectivity index (χ1v) is 18.7. The molecule has 0 radical (unpaired) electrons. The number of hydrogen-bond acceptors (Lipinski definition) is 4. The average molecular weight is 906 g/mol. The zero-order valence-electron chi connectivity index (χ0n) is 30.1. The smallest absolute Gasteiger partial charge is 0.872 e. The molecule has 8 aromatic carbocycles. The fourth-order valence-electron chi connectivity index (χ4n) is 5.56. The second-order valence-electron chi connectivity index (χ2n) is 11.9. The van der Waals surface area contributed by atoms with Crippen molar-refractivity contribution in [3.05, 3.63) is 214 Å². The normalized spacial score (nSPS) is 9.89. The van der Waals surface area contributed by atoms with Crippen LogP contribution in [0.4, 0.5) is 0 Å². The van der Waals surface area contributed by atoms with Crippen LogP contribution >= 0.6 is 46.4 Å². The summed E-state index contributed by atoms with van der Waals surface area (Å²) in [5.41, 5.74) is 5.77. The van der Waals surface area contributed by atoms with Gasteiger partial charge in [-0.1, -0.05) is 239 Å². The van der Waals surface area contributed by atoms with Crippen molar-refractivity contribution in [2.45, 2.75) is 0 Å². The third kappa shape index (κ3) is 12.5. The van der Waals surface area contributed by atoms with Crippen LogP contribution in [0.25, 0.3) is 44.5 Å². The zero-order valence-corrected chi connectivity index (χ0v) is 35.6. The maximum atomic E-state index is 11.6. The largest absolute Gasteiger partial charge is 4.00 e. The molecule has 0 fully saturated rings. The van der Waals surface area contributed by atoms with Gasteiger partial charge in [0.2, 0.25) is 0 Å². The van der Waals surface area contributed by atoms with Crippen LogP contribution in [-0.2, 0) is 26.2 Å². The fraction of sp³-hybridized carbons (Fsp3) is 0. The van der Waals surface area contributed by atoms with Crippen LogP contribution in [0.2, 0.25) is 20.1 Å². The maximum absolute atomic E-state index is 11.6. The summed E-state index contributed by atoms with van der Waals surface area (Å²) in [5, 5.41) is 48.2. The second kappa shape index (κ2) is 22.7. The Morgan fingerprint density at radius 2 is 0.404 bits per heavy atom. The summed E-state index contributed by atoms with van der Waals surface area (Å²) >= 11 is 23.9. The molecule has 0 aromatic heterocycles. The van der Waals surface area contributed by atoms with E-state index in [0.29, 0.717) is 42.3 Å². The predicted octanol–water partition coefficient (Wildman–Crippen LogP) is 12.3. The van der Waals surface area contributed by atoms with Crippen molar-refractivity contribution >= 4 is 46.4 Å². The van der Waals surface area contributed by atoms with E-state index < -0.39 is 0 Å². The predicted molar refractivity (Wildman–Crippen MR) is 225 cm³/mol. The first kappa shape index (κ1) is 44.7. The van der Waals surface area contributed by atoms with E-state index in [9.17, 15) is 20.4 Å². The molecule has 280 valence electrons. The molecule has 4 nitrogen and oxygen atoms in total. The van der Waals surface area contributed by atoms with Crippen molar-refractivity contribution in [1.82, 2.24) is 0 Å². The Bertz CT molecular complexity index is 2020. The monoisotopic (exact) mass is 902 g/mol. The van der Waals surface area contributed by atoms with Crippen LogP contribution in [0.5, 0.6) is 23.0 Å². The molecule has 8 rings (SSSR count). The van der Waals surface area contributed by atoms with Crippen LogP contribution in [0.1, 0.15) is 0 Å². The molecule has 0 saturated carbocycles. The number of halogens is 4. The molecular weight excluding hydrogens is 874 g/mol. The van der Waals surface area contributed by atoms with Crippen LogP contribution in [-0.4, -0.2) is 0 Å². The standard InChI is InChI=1S/4C12H9ClO.Zr/c4*13-10-7-4-8-11(14)12(10)9-5-2-1-3-6-9;/h4*1-8,14H;/q;;;;+4/p-4. The van der Waals surface area contributed by atoms with Gasteiger partial charge in [0.05, 0.1) is 0 Å². The first-order chi connectivity index (χ1) is 27.2. The molecule has 0 aliphatic heterocycles. The van der Waals surface area contributed by atoms with Crippen LogP contribution in [0, 0.1) is 0 Å².